The van der Waals surface area contributed by atoms with Gasteiger partial charge in [-0.1, -0.05) is 13.8 Å². The lowest BCUT2D eigenvalue weighted by Crippen LogP contribution is -2.42. The third-order valence-electron chi connectivity index (χ3n) is 4.76. The fourth-order valence-corrected chi connectivity index (χ4v) is 3.09. The number of piperidine rings is 1. The zero-order chi connectivity index (χ0) is 18.9. The number of aromatic nitrogens is 1. The summed E-state index contributed by atoms with van der Waals surface area (Å²) in [6, 6.07) is 4.02. The number of rotatable bonds is 7. The minimum atomic E-state index is -0.235. The topological polar surface area (TPSA) is 83.6 Å². The van der Waals surface area contributed by atoms with Crippen molar-refractivity contribution in [2.45, 2.75) is 52.5 Å². The number of nitrogens with zero attached hydrogens (tertiary/aromatic N) is 2. The Hall–Kier alpha value is -2.31. The van der Waals surface area contributed by atoms with Crippen LogP contribution in [0.15, 0.2) is 18.3 Å². The predicted octanol–water partition coefficient (Wildman–Crippen LogP) is 3.49. The lowest BCUT2D eigenvalue weighted by molar-refractivity contribution is -0.120. The number of anilines is 2. The molecule has 0 saturated carbocycles. The monoisotopic (exact) mass is 362 g/mol. The lowest BCUT2D eigenvalue weighted by Gasteiger charge is -2.31. The largest absolute Gasteiger partial charge is 0.450 e. The first kappa shape index (κ1) is 20.0. The van der Waals surface area contributed by atoms with E-state index in [4.69, 9.17) is 4.74 Å². The van der Waals surface area contributed by atoms with Gasteiger partial charge in [-0.3, -0.25) is 4.79 Å². The van der Waals surface area contributed by atoms with Gasteiger partial charge in [-0.25, -0.2) is 9.78 Å². The molecule has 144 valence electrons. The van der Waals surface area contributed by atoms with Crippen molar-refractivity contribution in [1.29, 1.82) is 0 Å². The van der Waals surface area contributed by atoms with E-state index in [0.29, 0.717) is 25.4 Å². The highest BCUT2D eigenvalue weighted by Crippen LogP contribution is 2.18. The molecule has 2 amide bonds. The van der Waals surface area contributed by atoms with E-state index in [-0.39, 0.29) is 24.0 Å². The first-order chi connectivity index (χ1) is 12.6. The van der Waals surface area contributed by atoms with Gasteiger partial charge in [-0.05, 0) is 44.7 Å². The summed E-state index contributed by atoms with van der Waals surface area (Å²) in [5.41, 5.74) is 0.713. The van der Waals surface area contributed by atoms with Crippen molar-refractivity contribution in [3.63, 3.8) is 0 Å². The van der Waals surface area contributed by atoms with Gasteiger partial charge in [0.2, 0.25) is 5.91 Å². The van der Waals surface area contributed by atoms with Gasteiger partial charge in [0, 0.05) is 25.0 Å². The number of carbonyl (C=O) groups is 2. The Labute approximate surface area is 155 Å². The fraction of sp³-hybridized carbons (Fsp3) is 0.632. The SMILES string of the molecule is CCOC(=O)N1CCC(Nc2ccc(NC(=O)C(CC)CC)cn2)CC1. The van der Waals surface area contributed by atoms with E-state index >= 15 is 0 Å². The zero-order valence-corrected chi connectivity index (χ0v) is 16.0. The Balaban J connectivity index is 1.81. The third kappa shape index (κ3) is 5.61. The van der Waals surface area contributed by atoms with Crippen LogP contribution in [0.2, 0.25) is 0 Å². The van der Waals surface area contributed by atoms with E-state index in [1.807, 2.05) is 32.9 Å². The molecule has 7 heteroatoms. The van der Waals surface area contributed by atoms with Crippen LogP contribution in [0.5, 0.6) is 0 Å². The number of nitrogens with one attached hydrogen (secondary N) is 2. The molecule has 0 bridgehead atoms. The van der Waals surface area contributed by atoms with Crippen LogP contribution in [-0.4, -0.2) is 47.6 Å². The second-order valence-electron chi connectivity index (χ2n) is 6.54. The van der Waals surface area contributed by atoms with Crippen molar-refractivity contribution >= 4 is 23.5 Å². The van der Waals surface area contributed by atoms with Crippen molar-refractivity contribution in [3.8, 4) is 0 Å². The second-order valence-corrected chi connectivity index (χ2v) is 6.54. The minimum absolute atomic E-state index is 0.0392. The molecule has 0 radical (unpaired) electrons. The molecule has 7 nitrogen and oxygen atoms in total. The Bertz CT molecular complexity index is 579. The molecule has 1 aromatic heterocycles. The predicted molar refractivity (Wildman–Crippen MR) is 102 cm³/mol. The number of ether oxygens (including phenoxy) is 1. The molecule has 0 aliphatic carbocycles. The number of hydrogen-bond acceptors (Lipinski definition) is 5. The summed E-state index contributed by atoms with van der Waals surface area (Å²) in [4.78, 5) is 30.0. The third-order valence-corrected chi connectivity index (χ3v) is 4.76. The highest BCUT2D eigenvalue weighted by Gasteiger charge is 2.23. The summed E-state index contributed by atoms with van der Waals surface area (Å²) in [7, 11) is 0. The molecule has 2 rings (SSSR count). The van der Waals surface area contributed by atoms with Crippen molar-refractivity contribution in [1.82, 2.24) is 9.88 Å². The van der Waals surface area contributed by atoms with E-state index < -0.39 is 0 Å². The highest BCUT2D eigenvalue weighted by molar-refractivity contribution is 5.92. The van der Waals surface area contributed by atoms with Crippen molar-refractivity contribution in [3.05, 3.63) is 18.3 Å². The molecule has 1 aromatic rings. The number of carbonyl (C=O) groups excluding carboxylic acids is 2. The van der Waals surface area contributed by atoms with Crippen LogP contribution < -0.4 is 10.6 Å². The summed E-state index contributed by atoms with van der Waals surface area (Å²) < 4.78 is 5.03. The molecule has 2 N–H and O–H groups in total. The number of pyridine rings is 1. The van der Waals surface area contributed by atoms with Crippen LogP contribution in [0.25, 0.3) is 0 Å². The Morgan fingerprint density at radius 1 is 1.23 bits per heavy atom. The molecule has 1 saturated heterocycles. The van der Waals surface area contributed by atoms with Gasteiger partial charge in [-0.2, -0.15) is 0 Å². The number of amides is 2. The van der Waals surface area contributed by atoms with Gasteiger partial charge in [0.25, 0.3) is 0 Å². The lowest BCUT2D eigenvalue weighted by atomic mass is 10.0. The summed E-state index contributed by atoms with van der Waals surface area (Å²) >= 11 is 0. The maximum atomic E-state index is 12.1. The number of likely N-dealkylation sites (tertiary alicyclic amines) is 1. The average Bonchev–Trinajstić information content (AvgIpc) is 2.65. The molecule has 0 atom stereocenters. The first-order valence-electron chi connectivity index (χ1n) is 9.52. The van der Waals surface area contributed by atoms with E-state index in [2.05, 4.69) is 15.6 Å². The molecule has 1 aliphatic heterocycles. The van der Waals surface area contributed by atoms with Gasteiger partial charge >= 0.3 is 6.09 Å². The number of hydrogen-bond donors (Lipinski definition) is 2. The summed E-state index contributed by atoms with van der Waals surface area (Å²) in [5, 5.41) is 6.31. The summed E-state index contributed by atoms with van der Waals surface area (Å²) in [6.07, 6.45) is 4.82. The Morgan fingerprint density at radius 2 is 1.92 bits per heavy atom. The average molecular weight is 362 g/mol. The first-order valence-corrected chi connectivity index (χ1v) is 9.52. The van der Waals surface area contributed by atoms with Crippen LogP contribution in [0.3, 0.4) is 0 Å². The summed E-state index contributed by atoms with van der Waals surface area (Å²) in [5.74, 6) is 0.862. The minimum Gasteiger partial charge on any atom is -0.450 e. The van der Waals surface area contributed by atoms with Gasteiger partial charge in [0.05, 0.1) is 18.5 Å². The van der Waals surface area contributed by atoms with E-state index in [1.165, 1.54) is 0 Å². The fourth-order valence-electron chi connectivity index (χ4n) is 3.09. The zero-order valence-electron chi connectivity index (χ0n) is 16.0. The van der Waals surface area contributed by atoms with Crippen LogP contribution in [0, 0.1) is 5.92 Å². The van der Waals surface area contributed by atoms with Crippen LogP contribution in [-0.2, 0) is 9.53 Å². The molecule has 0 aromatic carbocycles. The standard InChI is InChI=1S/C19H30N4O3/c1-4-14(5-2)18(24)22-16-7-8-17(20-13-16)21-15-9-11-23(12-10-15)19(25)26-6-3/h7-8,13-15H,4-6,9-12H2,1-3H3,(H,20,21)(H,22,24). The van der Waals surface area contributed by atoms with Gasteiger partial charge in [0.15, 0.2) is 0 Å². The molecular formula is C19H30N4O3. The Morgan fingerprint density at radius 3 is 2.46 bits per heavy atom. The Kier molecular flexibility index (Phi) is 7.69. The smallest absolute Gasteiger partial charge is 0.409 e. The molecule has 0 spiro atoms. The molecule has 2 heterocycles. The van der Waals surface area contributed by atoms with Gasteiger partial charge in [0.1, 0.15) is 5.82 Å². The normalized spacial score (nSPS) is 15.0. The van der Waals surface area contributed by atoms with Crippen LogP contribution in [0.1, 0.15) is 46.5 Å². The van der Waals surface area contributed by atoms with Crippen molar-refractivity contribution < 1.29 is 14.3 Å². The van der Waals surface area contributed by atoms with E-state index in [1.54, 1.807) is 11.1 Å². The van der Waals surface area contributed by atoms with Gasteiger partial charge in [-0.15, -0.1) is 0 Å². The maximum absolute atomic E-state index is 12.1. The molecule has 1 fully saturated rings. The summed E-state index contributed by atoms with van der Waals surface area (Å²) in [6.45, 7) is 7.62. The molecule has 0 unspecified atom stereocenters. The van der Waals surface area contributed by atoms with Crippen LogP contribution in [0.4, 0.5) is 16.3 Å². The van der Waals surface area contributed by atoms with Crippen molar-refractivity contribution in [2.24, 2.45) is 5.92 Å². The highest BCUT2D eigenvalue weighted by atomic mass is 16.6. The molecular weight excluding hydrogens is 332 g/mol. The van der Waals surface area contributed by atoms with E-state index in [9.17, 15) is 9.59 Å². The second kappa shape index (κ2) is 9.99. The molecule has 26 heavy (non-hydrogen) atoms. The van der Waals surface area contributed by atoms with E-state index in [0.717, 1.165) is 31.5 Å². The van der Waals surface area contributed by atoms with Gasteiger partial charge < -0.3 is 20.3 Å². The van der Waals surface area contributed by atoms with Crippen LogP contribution >= 0.6 is 0 Å². The van der Waals surface area contributed by atoms with Crippen molar-refractivity contribution in [2.75, 3.05) is 30.3 Å². The molecule has 1 aliphatic rings. The quantitative estimate of drug-likeness (QED) is 0.776. The maximum Gasteiger partial charge on any atom is 0.409 e.